The second kappa shape index (κ2) is 6.49. The molecule has 0 unspecified atom stereocenters. The van der Waals surface area contributed by atoms with Crippen LogP contribution in [0.25, 0.3) is 0 Å². The van der Waals surface area contributed by atoms with E-state index in [0.717, 1.165) is 50.8 Å². The zero-order chi connectivity index (χ0) is 15.6. The van der Waals surface area contributed by atoms with E-state index in [1.165, 1.54) is 30.9 Å². The van der Waals surface area contributed by atoms with Crippen LogP contribution in [0.4, 0.5) is 0 Å². The number of hydrogen-bond acceptors (Lipinski definition) is 4. The van der Waals surface area contributed by atoms with Crippen molar-refractivity contribution in [2.45, 2.75) is 38.9 Å². The molecule has 1 fully saturated rings. The summed E-state index contributed by atoms with van der Waals surface area (Å²) in [6.07, 6.45) is 7.75. The fourth-order valence-electron chi connectivity index (χ4n) is 3.51. The maximum absolute atomic E-state index is 5.44. The third-order valence-electron chi connectivity index (χ3n) is 4.96. The first-order valence-corrected chi connectivity index (χ1v) is 8.74. The Hall–Kier alpha value is -1.59. The second-order valence-electron chi connectivity index (χ2n) is 7.06. The van der Waals surface area contributed by atoms with Crippen molar-refractivity contribution in [3.8, 4) is 0 Å². The highest BCUT2D eigenvalue weighted by atomic mass is 16.3. The number of nitrogens with zero attached hydrogens (tertiary/aromatic N) is 4. The summed E-state index contributed by atoms with van der Waals surface area (Å²) in [4.78, 5) is 9.60. The summed E-state index contributed by atoms with van der Waals surface area (Å²) in [5, 5.41) is 0. The van der Waals surface area contributed by atoms with Crippen LogP contribution in [0.5, 0.6) is 0 Å². The Balaban J connectivity index is 1.38. The summed E-state index contributed by atoms with van der Waals surface area (Å²) >= 11 is 0. The lowest BCUT2D eigenvalue weighted by Crippen LogP contribution is -2.29. The molecule has 0 atom stereocenters. The molecule has 3 heterocycles. The molecule has 1 aliphatic carbocycles. The Morgan fingerprint density at radius 1 is 1.26 bits per heavy atom. The number of imidazole rings is 1. The van der Waals surface area contributed by atoms with E-state index in [0.29, 0.717) is 0 Å². The van der Waals surface area contributed by atoms with Gasteiger partial charge in [0.1, 0.15) is 11.6 Å². The van der Waals surface area contributed by atoms with Gasteiger partial charge in [0, 0.05) is 45.3 Å². The molecule has 0 bridgehead atoms. The molecule has 0 N–H and O–H groups in total. The van der Waals surface area contributed by atoms with Crippen molar-refractivity contribution in [1.82, 2.24) is 19.4 Å². The van der Waals surface area contributed by atoms with Gasteiger partial charge in [0.2, 0.25) is 0 Å². The number of fused-ring (bicyclic) bond motifs is 1. The Morgan fingerprint density at radius 3 is 2.96 bits per heavy atom. The maximum atomic E-state index is 5.44. The minimum Gasteiger partial charge on any atom is -0.468 e. The molecule has 1 saturated carbocycles. The van der Waals surface area contributed by atoms with Crippen molar-refractivity contribution in [3.05, 3.63) is 41.9 Å². The first-order chi connectivity index (χ1) is 11.3. The molecule has 5 nitrogen and oxygen atoms in total. The average Bonchev–Trinajstić information content (AvgIpc) is 3.13. The van der Waals surface area contributed by atoms with E-state index in [1.54, 1.807) is 6.26 Å². The molecule has 0 aromatic carbocycles. The quantitative estimate of drug-likeness (QED) is 0.820. The normalized spacial score (nSPS) is 19.0. The summed E-state index contributed by atoms with van der Waals surface area (Å²) in [7, 11) is 2.14. The van der Waals surface area contributed by atoms with Crippen LogP contribution in [0.3, 0.4) is 0 Å². The van der Waals surface area contributed by atoms with Gasteiger partial charge in [-0.1, -0.05) is 0 Å². The van der Waals surface area contributed by atoms with Gasteiger partial charge in [0.15, 0.2) is 0 Å². The van der Waals surface area contributed by atoms with Crippen LogP contribution in [0.15, 0.2) is 29.0 Å². The van der Waals surface area contributed by atoms with Gasteiger partial charge in [0.05, 0.1) is 18.5 Å². The van der Waals surface area contributed by atoms with Crippen molar-refractivity contribution in [2.75, 3.05) is 26.7 Å². The maximum Gasteiger partial charge on any atom is 0.117 e. The second-order valence-corrected chi connectivity index (χ2v) is 7.06. The van der Waals surface area contributed by atoms with Crippen LogP contribution in [0, 0.1) is 5.92 Å². The van der Waals surface area contributed by atoms with E-state index in [1.807, 2.05) is 12.1 Å². The zero-order valence-corrected chi connectivity index (χ0v) is 13.9. The molecule has 124 valence electrons. The molecule has 2 aromatic rings. The van der Waals surface area contributed by atoms with Crippen LogP contribution < -0.4 is 0 Å². The Labute approximate surface area is 137 Å². The number of hydrogen-bond donors (Lipinski definition) is 0. The largest absolute Gasteiger partial charge is 0.468 e. The van der Waals surface area contributed by atoms with Crippen LogP contribution in [-0.4, -0.2) is 46.0 Å². The Kier molecular flexibility index (Phi) is 4.23. The van der Waals surface area contributed by atoms with E-state index in [2.05, 4.69) is 32.6 Å². The van der Waals surface area contributed by atoms with Crippen LogP contribution in [-0.2, 0) is 26.1 Å². The number of furan rings is 1. The monoisotopic (exact) mass is 314 g/mol. The smallest absolute Gasteiger partial charge is 0.117 e. The van der Waals surface area contributed by atoms with Crippen LogP contribution in [0.2, 0.25) is 0 Å². The summed E-state index contributed by atoms with van der Waals surface area (Å²) in [5.41, 5.74) is 1.32. The minimum atomic E-state index is 0.835. The average molecular weight is 314 g/mol. The Morgan fingerprint density at radius 2 is 2.17 bits per heavy atom. The fraction of sp³-hybridized carbons (Fsp3) is 0.611. The standard InChI is InChI=1S/C18H26N4O/c1-20(14-17-3-2-10-23-17)13-16-11-19-18-6-7-21(8-9-22(16)18)12-15-4-5-15/h2-3,10-11,15H,4-9,12-14H2,1H3. The molecule has 2 aromatic heterocycles. The van der Waals surface area contributed by atoms with Gasteiger partial charge in [-0.3, -0.25) is 4.90 Å². The van der Waals surface area contributed by atoms with Gasteiger partial charge in [-0.2, -0.15) is 0 Å². The predicted octanol–water partition coefficient (Wildman–Crippen LogP) is 2.38. The summed E-state index contributed by atoms with van der Waals surface area (Å²) in [6.45, 7) is 6.44. The van der Waals surface area contributed by atoms with E-state index in [-0.39, 0.29) is 0 Å². The first-order valence-electron chi connectivity index (χ1n) is 8.74. The van der Waals surface area contributed by atoms with Crippen molar-refractivity contribution in [1.29, 1.82) is 0 Å². The highest BCUT2D eigenvalue weighted by Crippen LogP contribution is 2.30. The molecule has 0 spiro atoms. The van der Waals surface area contributed by atoms with Crippen molar-refractivity contribution in [2.24, 2.45) is 5.92 Å². The molecule has 0 saturated heterocycles. The van der Waals surface area contributed by atoms with E-state index >= 15 is 0 Å². The lowest BCUT2D eigenvalue weighted by atomic mass is 10.3. The summed E-state index contributed by atoms with van der Waals surface area (Å²) in [5.74, 6) is 3.24. The Bertz CT molecular complexity index is 629. The van der Waals surface area contributed by atoms with Crippen molar-refractivity contribution >= 4 is 0 Å². The lowest BCUT2D eigenvalue weighted by molar-refractivity contribution is 0.261. The fourth-order valence-corrected chi connectivity index (χ4v) is 3.51. The number of rotatable bonds is 6. The molecule has 23 heavy (non-hydrogen) atoms. The van der Waals surface area contributed by atoms with Crippen molar-refractivity contribution in [3.63, 3.8) is 0 Å². The van der Waals surface area contributed by atoms with Gasteiger partial charge in [-0.05, 0) is 37.9 Å². The third kappa shape index (κ3) is 3.67. The molecule has 5 heteroatoms. The molecular weight excluding hydrogens is 288 g/mol. The van der Waals surface area contributed by atoms with E-state index in [9.17, 15) is 0 Å². The van der Waals surface area contributed by atoms with Crippen molar-refractivity contribution < 1.29 is 4.42 Å². The van der Waals surface area contributed by atoms with Gasteiger partial charge in [-0.25, -0.2) is 4.98 Å². The molecule has 0 amide bonds. The summed E-state index contributed by atoms with van der Waals surface area (Å²) < 4.78 is 7.88. The van der Waals surface area contributed by atoms with Gasteiger partial charge in [0.25, 0.3) is 0 Å². The molecule has 2 aliphatic rings. The van der Waals surface area contributed by atoms with E-state index < -0.39 is 0 Å². The third-order valence-corrected chi connectivity index (χ3v) is 4.96. The predicted molar refractivity (Wildman–Crippen MR) is 89.0 cm³/mol. The zero-order valence-electron chi connectivity index (χ0n) is 13.9. The highest BCUT2D eigenvalue weighted by molar-refractivity contribution is 5.08. The first kappa shape index (κ1) is 15.0. The SMILES string of the molecule is CN(Cc1ccco1)Cc1cnc2n1CCN(CC1CC1)CC2. The number of aromatic nitrogens is 2. The summed E-state index contributed by atoms with van der Waals surface area (Å²) in [6, 6.07) is 3.98. The van der Waals surface area contributed by atoms with Crippen LogP contribution >= 0.6 is 0 Å². The lowest BCUT2D eigenvalue weighted by Gasteiger charge is -2.20. The van der Waals surface area contributed by atoms with Gasteiger partial charge >= 0.3 is 0 Å². The molecule has 0 radical (unpaired) electrons. The highest BCUT2D eigenvalue weighted by Gasteiger charge is 2.26. The van der Waals surface area contributed by atoms with Crippen LogP contribution in [0.1, 0.15) is 30.1 Å². The van der Waals surface area contributed by atoms with E-state index in [4.69, 9.17) is 4.42 Å². The molecule has 1 aliphatic heterocycles. The molecular formula is C18H26N4O. The minimum absolute atomic E-state index is 0.835. The molecule has 4 rings (SSSR count). The topological polar surface area (TPSA) is 37.4 Å². The van der Waals surface area contributed by atoms with Gasteiger partial charge < -0.3 is 13.9 Å². The van der Waals surface area contributed by atoms with Gasteiger partial charge in [-0.15, -0.1) is 0 Å².